The van der Waals surface area contributed by atoms with Crippen LogP contribution in [-0.4, -0.2) is 19.3 Å². The van der Waals surface area contributed by atoms with Crippen LogP contribution in [0.4, 0.5) is 0 Å². The second-order valence-electron chi connectivity index (χ2n) is 4.10. The Kier molecular flexibility index (Phi) is 2.23. The van der Waals surface area contributed by atoms with E-state index < -0.39 is 0 Å². The predicted molar refractivity (Wildman–Crippen MR) is 60.2 cm³/mol. The number of benzene rings is 1. The van der Waals surface area contributed by atoms with Crippen molar-refractivity contribution in [2.24, 2.45) is 0 Å². The molecule has 3 rings (SSSR count). The van der Waals surface area contributed by atoms with Gasteiger partial charge in [-0.25, -0.2) is 0 Å². The number of hydrogen-bond acceptors (Lipinski definition) is 3. The van der Waals surface area contributed by atoms with Gasteiger partial charge in [-0.3, -0.25) is 0 Å². The smallest absolute Gasteiger partial charge is 0.189 e. The summed E-state index contributed by atoms with van der Waals surface area (Å²) in [4.78, 5) is 0. The summed E-state index contributed by atoms with van der Waals surface area (Å²) in [5.74, 6) is 0.821. The Hall–Kier alpha value is -1.32. The first-order chi connectivity index (χ1) is 7.79. The Labute approximate surface area is 94.6 Å². The largest absolute Gasteiger partial charge is 0.496 e. The van der Waals surface area contributed by atoms with Crippen molar-refractivity contribution in [1.82, 2.24) is 0 Å². The summed E-state index contributed by atoms with van der Waals surface area (Å²) in [7, 11) is 1.67. The minimum Gasteiger partial charge on any atom is -0.496 e. The second kappa shape index (κ2) is 3.61. The Morgan fingerprint density at radius 2 is 2.12 bits per heavy atom. The van der Waals surface area contributed by atoms with Gasteiger partial charge in [0, 0.05) is 0 Å². The van der Waals surface area contributed by atoms with E-state index in [1.54, 1.807) is 7.11 Å². The standard InChI is InChI=1S/C13H14O3/c1-8-10-7-6-9-4-3-5-11(14-2)12(9)13(15-8)16-10/h3-8,10,13H,1-2H3/t8-,10+,13-/m0/s1. The molecule has 0 amide bonds. The van der Waals surface area contributed by atoms with Crippen LogP contribution in [0.2, 0.25) is 0 Å². The molecule has 3 nitrogen and oxygen atoms in total. The lowest BCUT2D eigenvalue weighted by Gasteiger charge is -2.16. The van der Waals surface area contributed by atoms with Gasteiger partial charge in [0.25, 0.3) is 0 Å². The minimum atomic E-state index is -0.304. The molecular weight excluding hydrogens is 204 g/mol. The molecule has 3 heteroatoms. The van der Waals surface area contributed by atoms with E-state index in [1.807, 2.05) is 25.1 Å². The van der Waals surface area contributed by atoms with Crippen molar-refractivity contribution in [2.45, 2.75) is 25.4 Å². The van der Waals surface area contributed by atoms with E-state index in [4.69, 9.17) is 14.2 Å². The number of fused-ring (bicyclic) bond motifs is 4. The third kappa shape index (κ3) is 1.36. The molecule has 1 aromatic rings. The Morgan fingerprint density at radius 3 is 2.94 bits per heavy atom. The summed E-state index contributed by atoms with van der Waals surface area (Å²) in [5, 5.41) is 0. The van der Waals surface area contributed by atoms with Gasteiger partial charge in [0.1, 0.15) is 11.9 Å². The summed E-state index contributed by atoms with van der Waals surface area (Å²) < 4.78 is 17.0. The van der Waals surface area contributed by atoms with Crippen LogP contribution in [-0.2, 0) is 9.47 Å². The number of hydrogen-bond donors (Lipinski definition) is 0. The normalized spacial score (nSPS) is 31.0. The van der Waals surface area contributed by atoms with Gasteiger partial charge in [-0.1, -0.05) is 24.3 Å². The van der Waals surface area contributed by atoms with Crippen LogP contribution in [0.5, 0.6) is 5.75 Å². The van der Waals surface area contributed by atoms with Gasteiger partial charge in [0.2, 0.25) is 0 Å². The van der Waals surface area contributed by atoms with Crippen molar-refractivity contribution in [2.75, 3.05) is 7.11 Å². The first-order valence-electron chi connectivity index (χ1n) is 5.45. The molecule has 0 radical (unpaired) electrons. The monoisotopic (exact) mass is 218 g/mol. The van der Waals surface area contributed by atoms with E-state index in [0.717, 1.165) is 16.9 Å². The van der Waals surface area contributed by atoms with Crippen LogP contribution in [0.1, 0.15) is 24.3 Å². The molecule has 0 N–H and O–H groups in total. The van der Waals surface area contributed by atoms with Crippen molar-refractivity contribution in [1.29, 1.82) is 0 Å². The van der Waals surface area contributed by atoms with Gasteiger partial charge in [-0.15, -0.1) is 0 Å². The van der Waals surface area contributed by atoms with Crippen molar-refractivity contribution in [3.05, 3.63) is 35.4 Å². The zero-order valence-electron chi connectivity index (χ0n) is 9.34. The second-order valence-corrected chi connectivity index (χ2v) is 4.10. The van der Waals surface area contributed by atoms with E-state index in [2.05, 4.69) is 12.2 Å². The third-order valence-electron chi connectivity index (χ3n) is 3.10. The molecule has 1 fully saturated rings. The van der Waals surface area contributed by atoms with Gasteiger partial charge >= 0.3 is 0 Å². The van der Waals surface area contributed by atoms with Gasteiger partial charge < -0.3 is 14.2 Å². The van der Waals surface area contributed by atoms with Crippen LogP contribution in [0.15, 0.2) is 24.3 Å². The molecule has 0 aliphatic carbocycles. The van der Waals surface area contributed by atoms with Gasteiger partial charge in [-0.05, 0) is 18.6 Å². The maximum Gasteiger partial charge on any atom is 0.189 e. The van der Waals surface area contributed by atoms with E-state index in [9.17, 15) is 0 Å². The van der Waals surface area contributed by atoms with E-state index in [-0.39, 0.29) is 18.5 Å². The Balaban J connectivity index is 2.14. The maximum atomic E-state index is 5.81. The fourth-order valence-corrected chi connectivity index (χ4v) is 2.23. The average Bonchev–Trinajstić information content (AvgIpc) is 2.54. The molecule has 1 aromatic carbocycles. The van der Waals surface area contributed by atoms with E-state index in [0.29, 0.717) is 0 Å². The van der Waals surface area contributed by atoms with Crippen LogP contribution in [0, 0.1) is 0 Å². The zero-order chi connectivity index (χ0) is 11.1. The van der Waals surface area contributed by atoms with Crippen LogP contribution >= 0.6 is 0 Å². The first kappa shape index (κ1) is 9.87. The Bertz CT molecular complexity index is 439. The summed E-state index contributed by atoms with van der Waals surface area (Å²) in [6.07, 6.45) is 3.97. The summed E-state index contributed by atoms with van der Waals surface area (Å²) in [5.41, 5.74) is 2.10. The van der Waals surface area contributed by atoms with Gasteiger partial charge in [-0.2, -0.15) is 0 Å². The highest BCUT2D eigenvalue weighted by atomic mass is 16.7. The molecule has 2 bridgehead atoms. The van der Waals surface area contributed by atoms with Crippen LogP contribution in [0.25, 0.3) is 6.08 Å². The van der Waals surface area contributed by atoms with Crippen molar-refractivity contribution in [3.63, 3.8) is 0 Å². The van der Waals surface area contributed by atoms with Gasteiger partial charge in [0.15, 0.2) is 6.29 Å². The quantitative estimate of drug-likeness (QED) is 0.725. The molecule has 2 aliphatic heterocycles. The number of ether oxygens (including phenoxy) is 3. The predicted octanol–water partition coefficient (Wildman–Crippen LogP) is 2.52. The molecule has 2 heterocycles. The molecule has 16 heavy (non-hydrogen) atoms. The lowest BCUT2D eigenvalue weighted by molar-refractivity contribution is -0.0634. The van der Waals surface area contributed by atoms with Crippen molar-refractivity contribution < 1.29 is 14.2 Å². The third-order valence-corrected chi connectivity index (χ3v) is 3.10. The molecule has 84 valence electrons. The van der Waals surface area contributed by atoms with E-state index >= 15 is 0 Å². The number of methoxy groups -OCH3 is 1. The molecule has 0 spiro atoms. The molecule has 0 aromatic heterocycles. The molecule has 1 saturated heterocycles. The first-order valence-corrected chi connectivity index (χ1v) is 5.45. The van der Waals surface area contributed by atoms with Crippen molar-refractivity contribution in [3.8, 4) is 5.75 Å². The Morgan fingerprint density at radius 1 is 1.25 bits per heavy atom. The molecule has 3 atom stereocenters. The molecule has 2 aliphatic rings. The molecule has 0 unspecified atom stereocenters. The molecular formula is C13H14O3. The van der Waals surface area contributed by atoms with E-state index in [1.165, 1.54) is 0 Å². The SMILES string of the molecule is COc1cccc2c1[C@H]1O[C@@H](C)[C@@H](C=C2)O1. The number of rotatable bonds is 1. The summed E-state index contributed by atoms with van der Waals surface area (Å²) in [6.45, 7) is 2.02. The summed E-state index contributed by atoms with van der Waals surface area (Å²) in [6, 6.07) is 5.96. The average molecular weight is 218 g/mol. The zero-order valence-corrected chi connectivity index (χ0v) is 9.34. The highest BCUT2D eigenvalue weighted by Crippen LogP contribution is 2.41. The lowest BCUT2D eigenvalue weighted by atomic mass is 10.0. The topological polar surface area (TPSA) is 27.7 Å². The van der Waals surface area contributed by atoms with Gasteiger partial charge in [0.05, 0.1) is 18.8 Å². The van der Waals surface area contributed by atoms with Crippen LogP contribution < -0.4 is 4.74 Å². The fourth-order valence-electron chi connectivity index (χ4n) is 2.23. The maximum absolute atomic E-state index is 5.81. The highest BCUT2D eigenvalue weighted by Gasteiger charge is 2.36. The minimum absolute atomic E-state index is 0.0436. The van der Waals surface area contributed by atoms with Crippen molar-refractivity contribution >= 4 is 6.08 Å². The van der Waals surface area contributed by atoms with Crippen LogP contribution in [0.3, 0.4) is 0 Å². The summed E-state index contributed by atoms with van der Waals surface area (Å²) >= 11 is 0. The highest BCUT2D eigenvalue weighted by molar-refractivity contribution is 5.60. The molecule has 0 saturated carbocycles. The fraction of sp³-hybridized carbons (Fsp3) is 0.385. The lowest BCUT2D eigenvalue weighted by Crippen LogP contribution is -2.15.